The number of halogens is 2. The van der Waals surface area contributed by atoms with Crippen LogP contribution in [0.2, 0.25) is 0 Å². The summed E-state index contributed by atoms with van der Waals surface area (Å²) in [5.74, 6) is -1.68. The Labute approximate surface area is 246 Å². The van der Waals surface area contributed by atoms with E-state index in [1.807, 2.05) is 24.5 Å². The standard InChI is InChI=1S/C28H32F2N4O5S2/c1-28(29,30)13-4-14-37-22-6-3-5-18(15-22)7-8-19-16-23-25(27(36)31-19)26(32-24(35)17-41-2)34(33-23)20-9-11-21(12-10-20)38-39-40/h3,5-6,9-12,15,19,40H,4,7-8,13-14,16-17H2,1-2H3,(H,31,36)(H,32,35)/t19-/m0/s1. The van der Waals surface area contributed by atoms with Crippen LogP contribution in [0.15, 0.2) is 48.5 Å². The second-order valence-electron chi connectivity index (χ2n) is 9.80. The molecule has 41 heavy (non-hydrogen) atoms. The molecule has 1 atom stereocenters. The van der Waals surface area contributed by atoms with Gasteiger partial charge in [-0.15, -0.1) is 4.33 Å². The number of hydrogen-bond acceptors (Lipinski definition) is 8. The van der Waals surface area contributed by atoms with Crippen molar-refractivity contribution in [2.45, 2.75) is 51.0 Å². The predicted molar refractivity (Wildman–Crippen MR) is 156 cm³/mol. The highest BCUT2D eigenvalue weighted by Gasteiger charge is 2.32. The number of carbonyl (C=O) groups is 2. The molecule has 0 saturated heterocycles. The number of thioether (sulfide) groups is 1. The minimum absolute atomic E-state index is 0.173. The fourth-order valence-corrected chi connectivity index (χ4v) is 4.97. The maximum Gasteiger partial charge on any atom is 0.257 e. The molecule has 1 aliphatic rings. The van der Waals surface area contributed by atoms with Crippen molar-refractivity contribution in [1.82, 2.24) is 15.1 Å². The zero-order valence-corrected chi connectivity index (χ0v) is 24.4. The Hall–Kier alpha value is -3.29. The van der Waals surface area contributed by atoms with Gasteiger partial charge in [-0.05, 0) is 74.4 Å². The van der Waals surface area contributed by atoms with Crippen molar-refractivity contribution in [3.05, 3.63) is 65.4 Å². The lowest BCUT2D eigenvalue weighted by Gasteiger charge is -2.23. The van der Waals surface area contributed by atoms with Crippen LogP contribution >= 0.6 is 24.7 Å². The van der Waals surface area contributed by atoms with Crippen LogP contribution in [0.1, 0.15) is 47.8 Å². The predicted octanol–water partition coefficient (Wildman–Crippen LogP) is 5.43. The zero-order chi connectivity index (χ0) is 29.4. The highest BCUT2D eigenvalue weighted by molar-refractivity contribution is 7.99. The maximum absolute atomic E-state index is 13.3. The fraction of sp³-hybridized carbons (Fsp3) is 0.393. The first-order valence-corrected chi connectivity index (χ1v) is 14.8. The number of aryl methyl sites for hydroxylation is 1. The van der Waals surface area contributed by atoms with Crippen molar-refractivity contribution in [1.29, 1.82) is 0 Å². The van der Waals surface area contributed by atoms with E-state index >= 15 is 0 Å². The molecule has 0 aliphatic carbocycles. The molecule has 4 rings (SSSR count). The number of hydrogen-bond donors (Lipinski definition) is 3. The van der Waals surface area contributed by atoms with E-state index in [1.54, 1.807) is 35.0 Å². The normalized spacial score (nSPS) is 14.8. The summed E-state index contributed by atoms with van der Waals surface area (Å²) in [6, 6.07) is 14.1. The first-order chi connectivity index (χ1) is 19.7. The molecule has 1 aliphatic heterocycles. The van der Waals surface area contributed by atoms with Gasteiger partial charge in [0.15, 0.2) is 5.75 Å². The number of amides is 2. The Balaban J connectivity index is 1.46. The minimum Gasteiger partial charge on any atom is -0.494 e. The minimum atomic E-state index is -2.70. The van der Waals surface area contributed by atoms with Crippen LogP contribution in [-0.4, -0.2) is 52.2 Å². The number of anilines is 1. The number of benzene rings is 2. The molecule has 2 aromatic carbocycles. The highest BCUT2D eigenvalue weighted by atomic mass is 32.2. The molecule has 0 fully saturated rings. The molecule has 0 spiro atoms. The van der Waals surface area contributed by atoms with Crippen molar-refractivity contribution in [3.63, 3.8) is 0 Å². The van der Waals surface area contributed by atoms with Gasteiger partial charge in [-0.25, -0.2) is 13.5 Å². The quantitative estimate of drug-likeness (QED) is 0.0739. The van der Waals surface area contributed by atoms with Crippen LogP contribution in [0.25, 0.3) is 5.69 Å². The monoisotopic (exact) mass is 606 g/mol. The number of nitrogens with zero attached hydrogens (tertiary/aromatic N) is 2. The number of ether oxygens (including phenoxy) is 1. The Kier molecular flexibility index (Phi) is 10.5. The number of thiol groups is 1. The van der Waals surface area contributed by atoms with Gasteiger partial charge < -0.3 is 20.3 Å². The number of carbonyl (C=O) groups excluding carboxylic acids is 2. The van der Waals surface area contributed by atoms with Gasteiger partial charge in [-0.1, -0.05) is 12.1 Å². The molecule has 0 radical (unpaired) electrons. The Morgan fingerprint density at radius 3 is 2.73 bits per heavy atom. The van der Waals surface area contributed by atoms with E-state index in [0.717, 1.165) is 12.5 Å². The van der Waals surface area contributed by atoms with Gasteiger partial charge in [0.05, 0.1) is 23.7 Å². The van der Waals surface area contributed by atoms with Gasteiger partial charge in [0, 0.05) is 31.8 Å². The van der Waals surface area contributed by atoms with Crippen molar-refractivity contribution in [2.75, 3.05) is 23.9 Å². The molecule has 0 saturated carbocycles. The molecule has 2 amide bonds. The molecule has 2 N–H and O–H groups in total. The molecule has 1 aromatic heterocycles. The van der Waals surface area contributed by atoms with Crippen LogP contribution in [0.4, 0.5) is 14.6 Å². The van der Waals surface area contributed by atoms with Crippen molar-refractivity contribution in [2.24, 2.45) is 0 Å². The molecule has 0 bridgehead atoms. The number of rotatable bonds is 14. The summed E-state index contributed by atoms with van der Waals surface area (Å²) in [6.45, 7) is 1.12. The largest absolute Gasteiger partial charge is 0.494 e. The van der Waals surface area contributed by atoms with E-state index in [4.69, 9.17) is 14.7 Å². The van der Waals surface area contributed by atoms with E-state index in [2.05, 4.69) is 27.9 Å². The Morgan fingerprint density at radius 1 is 1.24 bits per heavy atom. The first kappa shape index (κ1) is 30.7. The molecule has 0 unspecified atom stereocenters. The Morgan fingerprint density at radius 2 is 2.02 bits per heavy atom. The number of alkyl halides is 2. The van der Waals surface area contributed by atoms with E-state index in [0.29, 0.717) is 53.5 Å². The van der Waals surface area contributed by atoms with E-state index in [1.165, 1.54) is 11.8 Å². The van der Waals surface area contributed by atoms with Gasteiger partial charge in [0.2, 0.25) is 11.8 Å². The first-order valence-electron chi connectivity index (χ1n) is 13.1. The highest BCUT2D eigenvalue weighted by Crippen LogP contribution is 2.30. The van der Waals surface area contributed by atoms with Crippen LogP contribution in [0.3, 0.4) is 0 Å². The summed E-state index contributed by atoms with van der Waals surface area (Å²) in [5, 5.41) is 10.6. The van der Waals surface area contributed by atoms with Crippen molar-refractivity contribution >= 4 is 42.3 Å². The summed E-state index contributed by atoms with van der Waals surface area (Å²) in [6.07, 6.45) is 3.65. The third kappa shape index (κ3) is 8.60. The average Bonchev–Trinajstić information content (AvgIpc) is 3.29. The summed E-state index contributed by atoms with van der Waals surface area (Å²) >= 11 is 4.95. The lowest BCUT2D eigenvalue weighted by atomic mass is 9.96. The second kappa shape index (κ2) is 14.1. The third-order valence-corrected chi connectivity index (χ3v) is 7.04. The van der Waals surface area contributed by atoms with E-state index in [9.17, 15) is 18.4 Å². The molecular weight excluding hydrogens is 574 g/mol. The fourth-order valence-electron chi connectivity index (χ4n) is 4.55. The molecular formula is C28H32F2N4O5S2. The summed E-state index contributed by atoms with van der Waals surface area (Å²) in [5.41, 5.74) is 2.55. The van der Waals surface area contributed by atoms with Crippen molar-refractivity contribution < 1.29 is 32.3 Å². The maximum atomic E-state index is 13.3. The molecule has 2 heterocycles. The number of fused-ring (bicyclic) bond motifs is 1. The second-order valence-corrected chi connectivity index (χ2v) is 10.8. The summed E-state index contributed by atoms with van der Waals surface area (Å²) < 4.78 is 37.6. The van der Waals surface area contributed by atoms with Gasteiger partial charge in [-0.3, -0.25) is 9.59 Å². The number of nitrogens with one attached hydrogen (secondary N) is 2. The number of aromatic nitrogens is 2. The topological polar surface area (TPSA) is 104 Å². The van der Waals surface area contributed by atoms with Crippen LogP contribution in [0.5, 0.6) is 11.5 Å². The zero-order valence-electron chi connectivity index (χ0n) is 22.7. The van der Waals surface area contributed by atoms with E-state index in [-0.39, 0.29) is 43.1 Å². The molecule has 3 aromatic rings. The molecule has 9 nitrogen and oxygen atoms in total. The van der Waals surface area contributed by atoms with E-state index < -0.39 is 5.92 Å². The lowest BCUT2D eigenvalue weighted by Crippen LogP contribution is -2.41. The van der Waals surface area contributed by atoms with Gasteiger partial charge in [-0.2, -0.15) is 16.9 Å². The van der Waals surface area contributed by atoms with Gasteiger partial charge in [0.1, 0.15) is 17.1 Å². The summed E-state index contributed by atoms with van der Waals surface area (Å²) in [4.78, 5) is 30.7. The molecule has 220 valence electrons. The van der Waals surface area contributed by atoms with Crippen LogP contribution in [0, 0.1) is 0 Å². The van der Waals surface area contributed by atoms with Crippen molar-refractivity contribution in [3.8, 4) is 17.2 Å². The lowest BCUT2D eigenvalue weighted by molar-refractivity contribution is -0.113. The van der Waals surface area contributed by atoms with Gasteiger partial charge in [0.25, 0.3) is 5.91 Å². The summed E-state index contributed by atoms with van der Waals surface area (Å²) in [7, 11) is 0. The van der Waals surface area contributed by atoms with Gasteiger partial charge >= 0.3 is 0 Å². The molecule has 13 heteroatoms. The smallest absolute Gasteiger partial charge is 0.257 e. The SMILES string of the molecule is CSCC(=O)Nc1c2c(nn1-c1ccc(OOS)cc1)C[C@H](CCc1cccc(OCCCC(C)(F)F)c1)NC2=O. The van der Waals surface area contributed by atoms with Crippen LogP contribution < -0.4 is 20.3 Å². The average molecular weight is 607 g/mol. The third-order valence-electron chi connectivity index (χ3n) is 6.42. The Bertz CT molecular complexity index is 1350. The van der Waals surface area contributed by atoms with Crippen LogP contribution in [-0.2, 0) is 22.0 Å².